The Balaban J connectivity index is 2.11. The van der Waals surface area contributed by atoms with Crippen LogP contribution in [0.5, 0.6) is 0 Å². The highest BCUT2D eigenvalue weighted by Gasteiger charge is 2.11. The largest absolute Gasteiger partial charge is 0.465 e. The zero-order chi connectivity index (χ0) is 15.9. The van der Waals surface area contributed by atoms with E-state index in [9.17, 15) is 9.59 Å². The zero-order valence-electron chi connectivity index (χ0n) is 11.8. The van der Waals surface area contributed by atoms with Crippen molar-refractivity contribution in [2.45, 2.75) is 12.1 Å². The van der Waals surface area contributed by atoms with Gasteiger partial charge in [0, 0.05) is 4.88 Å². The molecule has 2 N–H and O–H groups in total. The molecular formula is C13H14N4O3S2. The molecule has 0 aliphatic carbocycles. The average molecular weight is 338 g/mol. The lowest BCUT2D eigenvalue weighted by molar-refractivity contribution is -0.139. The Morgan fingerprint density at radius 1 is 1.50 bits per heavy atom. The molecule has 0 aliphatic heterocycles. The fraction of sp³-hybridized carbons (Fsp3) is 0.231. The van der Waals surface area contributed by atoms with E-state index >= 15 is 0 Å². The summed E-state index contributed by atoms with van der Waals surface area (Å²) in [6.45, 7) is 2.02. The number of nitrogens with two attached hydrogens (primary N) is 1. The molecule has 0 saturated carbocycles. The van der Waals surface area contributed by atoms with Gasteiger partial charge in [-0.15, -0.1) is 21.5 Å². The van der Waals surface area contributed by atoms with Crippen LogP contribution in [-0.4, -0.2) is 33.2 Å². The summed E-state index contributed by atoms with van der Waals surface area (Å²) in [7, 11) is 0. The molecular weight excluding hydrogens is 324 g/mol. The van der Waals surface area contributed by atoms with Gasteiger partial charge in [0.05, 0.1) is 12.4 Å². The second-order valence-electron chi connectivity index (χ2n) is 3.99. The van der Waals surface area contributed by atoms with Crippen LogP contribution in [0.3, 0.4) is 0 Å². The van der Waals surface area contributed by atoms with Crippen LogP contribution in [0.2, 0.25) is 0 Å². The van der Waals surface area contributed by atoms with Gasteiger partial charge < -0.3 is 10.6 Å². The van der Waals surface area contributed by atoms with E-state index in [-0.39, 0.29) is 16.6 Å². The Hall–Kier alpha value is -2.13. The van der Waals surface area contributed by atoms with Crippen LogP contribution in [0.15, 0.2) is 27.5 Å². The normalized spacial score (nSPS) is 11.0. The SMILES string of the molecule is CCOC(=O)CSc1nnc(/C=C/c2cccs2)c(=O)n1N. The summed E-state index contributed by atoms with van der Waals surface area (Å²) in [6, 6.07) is 3.82. The maximum Gasteiger partial charge on any atom is 0.316 e. The van der Waals surface area contributed by atoms with Crippen LogP contribution in [0, 0.1) is 0 Å². The molecule has 2 heterocycles. The quantitative estimate of drug-likeness (QED) is 0.480. The minimum absolute atomic E-state index is 0.0174. The van der Waals surface area contributed by atoms with Gasteiger partial charge in [0.2, 0.25) is 5.16 Å². The Morgan fingerprint density at radius 2 is 2.32 bits per heavy atom. The van der Waals surface area contributed by atoms with Crippen LogP contribution in [-0.2, 0) is 9.53 Å². The number of nitrogen functional groups attached to an aromatic ring is 1. The second-order valence-corrected chi connectivity index (χ2v) is 5.91. The van der Waals surface area contributed by atoms with Crippen LogP contribution in [0.1, 0.15) is 17.5 Å². The number of carbonyl (C=O) groups is 1. The summed E-state index contributed by atoms with van der Waals surface area (Å²) in [5, 5.41) is 9.80. The fourth-order valence-corrected chi connectivity index (χ4v) is 2.74. The molecule has 0 unspecified atom stereocenters. The van der Waals surface area contributed by atoms with Crippen molar-refractivity contribution in [3.05, 3.63) is 38.4 Å². The molecule has 0 spiro atoms. The molecule has 0 aromatic carbocycles. The number of hydrogen-bond acceptors (Lipinski definition) is 8. The molecule has 2 rings (SSSR count). The van der Waals surface area contributed by atoms with Crippen molar-refractivity contribution in [1.82, 2.24) is 14.9 Å². The maximum atomic E-state index is 12.1. The fourth-order valence-electron chi connectivity index (χ4n) is 1.47. The Labute approximate surface area is 134 Å². The lowest BCUT2D eigenvalue weighted by atomic mass is 10.3. The van der Waals surface area contributed by atoms with E-state index in [1.807, 2.05) is 17.5 Å². The summed E-state index contributed by atoms with van der Waals surface area (Å²) < 4.78 is 5.67. The summed E-state index contributed by atoms with van der Waals surface area (Å²) >= 11 is 2.54. The van der Waals surface area contributed by atoms with Gasteiger partial charge in [0.1, 0.15) is 0 Å². The third-order valence-corrected chi connectivity index (χ3v) is 4.21. The van der Waals surface area contributed by atoms with Gasteiger partial charge in [-0.2, -0.15) is 4.68 Å². The minimum atomic E-state index is -0.478. The van der Waals surface area contributed by atoms with E-state index in [2.05, 4.69) is 10.2 Å². The topological polar surface area (TPSA) is 100 Å². The molecule has 22 heavy (non-hydrogen) atoms. The van der Waals surface area contributed by atoms with Crippen molar-refractivity contribution in [3.63, 3.8) is 0 Å². The van der Waals surface area contributed by atoms with E-state index in [1.165, 1.54) is 0 Å². The number of ether oxygens (including phenoxy) is 1. The molecule has 2 aromatic rings. The lowest BCUT2D eigenvalue weighted by Crippen LogP contribution is -2.32. The van der Waals surface area contributed by atoms with Gasteiger partial charge in [-0.25, -0.2) is 0 Å². The van der Waals surface area contributed by atoms with E-state index in [0.717, 1.165) is 21.3 Å². The zero-order valence-corrected chi connectivity index (χ0v) is 13.4. The van der Waals surface area contributed by atoms with Crippen molar-refractivity contribution in [2.24, 2.45) is 0 Å². The highest BCUT2D eigenvalue weighted by atomic mass is 32.2. The maximum absolute atomic E-state index is 12.1. The summed E-state index contributed by atoms with van der Waals surface area (Å²) in [5.74, 6) is 5.31. The highest BCUT2D eigenvalue weighted by molar-refractivity contribution is 7.99. The van der Waals surface area contributed by atoms with Crippen molar-refractivity contribution in [1.29, 1.82) is 0 Å². The molecule has 7 nitrogen and oxygen atoms in total. The predicted octanol–water partition coefficient (Wildman–Crippen LogP) is 1.24. The molecule has 0 amide bonds. The monoisotopic (exact) mass is 338 g/mol. The molecule has 0 aliphatic rings. The van der Waals surface area contributed by atoms with Crippen LogP contribution < -0.4 is 11.4 Å². The third kappa shape index (κ3) is 4.18. The number of hydrogen-bond donors (Lipinski definition) is 1. The van der Waals surface area contributed by atoms with Gasteiger partial charge >= 0.3 is 5.97 Å². The first-order valence-corrected chi connectivity index (χ1v) is 8.23. The minimum Gasteiger partial charge on any atom is -0.465 e. The predicted molar refractivity (Wildman–Crippen MR) is 87.0 cm³/mol. The first-order chi connectivity index (χ1) is 10.6. The number of thioether (sulfide) groups is 1. The summed E-state index contributed by atoms with van der Waals surface area (Å²) in [4.78, 5) is 24.4. The lowest BCUT2D eigenvalue weighted by Gasteiger charge is -2.05. The first-order valence-electron chi connectivity index (χ1n) is 6.36. The molecule has 0 saturated heterocycles. The average Bonchev–Trinajstić information content (AvgIpc) is 3.01. The number of esters is 1. The molecule has 116 valence electrons. The van der Waals surface area contributed by atoms with Crippen molar-refractivity contribution < 1.29 is 9.53 Å². The second kappa shape index (κ2) is 7.76. The Morgan fingerprint density at radius 3 is 3.00 bits per heavy atom. The number of rotatable bonds is 6. The van der Waals surface area contributed by atoms with Crippen molar-refractivity contribution in [3.8, 4) is 0 Å². The van der Waals surface area contributed by atoms with Crippen molar-refractivity contribution >= 4 is 41.2 Å². The number of aromatic nitrogens is 3. The third-order valence-electron chi connectivity index (χ3n) is 2.46. The van der Waals surface area contributed by atoms with Gasteiger partial charge in [-0.1, -0.05) is 17.8 Å². The Kier molecular flexibility index (Phi) is 5.73. The molecule has 2 aromatic heterocycles. The highest BCUT2D eigenvalue weighted by Crippen LogP contribution is 2.13. The standard InChI is InChI=1S/C13H14N4O3S2/c1-2-20-11(18)8-22-13-16-15-10(12(19)17(13)14)6-5-9-4-3-7-21-9/h3-7H,2,8,14H2,1H3/b6-5+. The molecule has 0 radical (unpaired) electrons. The van der Waals surface area contributed by atoms with Crippen LogP contribution in [0.4, 0.5) is 0 Å². The molecule has 0 bridgehead atoms. The van der Waals surface area contributed by atoms with Gasteiger partial charge in [0.15, 0.2) is 5.69 Å². The van der Waals surface area contributed by atoms with E-state index < -0.39 is 11.5 Å². The van der Waals surface area contributed by atoms with Crippen LogP contribution in [0.25, 0.3) is 12.2 Å². The molecule has 9 heteroatoms. The van der Waals surface area contributed by atoms with E-state index in [0.29, 0.717) is 6.61 Å². The van der Waals surface area contributed by atoms with Crippen molar-refractivity contribution in [2.75, 3.05) is 18.2 Å². The van der Waals surface area contributed by atoms with Gasteiger partial charge in [-0.3, -0.25) is 9.59 Å². The van der Waals surface area contributed by atoms with Crippen LogP contribution >= 0.6 is 23.1 Å². The number of carbonyl (C=O) groups excluding carboxylic acids is 1. The molecule has 0 atom stereocenters. The van der Waals surface area contributed by atoms with E-state index in [1.54, 1.807) is 30.4 Å². The first kappa shape index (κ1) is 16.2. The van der Waals surface area contributed by atoms with Gasteiger partial charge in [0.25, 0.3) is 5.56 Å². The Bertz CT molecular complexity index is 725. The summed E-state index contributed by atoms with van der Waals surface area (Å²) in [5.41, 5.74) is -0.342. The number of thiophene rings is 1. The van der Waals surface area contributed by atoms with Gasteiger partial charge in [-0.05, 0) is 30.5 Å². The number of nitrogens with zero attached hydrogens (tertiary/aromatic N) is 3. The molecule has 0 fully saturated rings. The van der Waals surface area contributed by atoms with E-state index in [4.69, 9.17) is 10.6 Å². The smallest absolute Gasteiger partial charge is 0.316 e. The summed E-state index contributed by atoms with van der Waals surface area (Å²) in [6.07, 6.45) is 3.33.